The first-order valence-corrected chi connectivity index (χ1v) is 9.71. The van der Waals surface area contributed by atoms with Crippen LogP contribution in [0.3, 0.4) is 0 Å². The molecule has 7 heteroatoms. The van der Waals surface area contributed by atoms with Gasteiger partial charge in [-0.2, -0.15) is 0 Å². The van der Waals surface area contributed by atoms with E-state index in [-0.39, 0.29) is 11.8 Å². The number of carbonyl (C=O) groups is 2. The topological polar surface area (TPSA) is 49.9 Å². The second-order valence-corrected chi connectivity index (χ2v) is 7.55. The third-order valence-corrected chi connectivity index (χ3v) is 5.59. The summed E-state index contributed by atoms with van der Waals surface area (Å²) in [6.07, 6.45) is 0. The molecule has 0 radical (unpaired) electrons. The molecule has 0 N–H and O–H groups in total. The van der Waals surface area contributed by atoms with E-state index in [1.807, 2.05) is 11.8 Å². The summed E-state index contributed by atoms with van der Waals surface area (Å²) in [6, 6.07) is 12.1. The first-order chi connectivity index (χ1) is 13.5. The Hall–Kier alpha value is -2.34. The second kappa shape index (κ2) is 7.59. The zero-order chi connectivity index (χ0) is 19.8. The van der Waals surface area contributed by atoms with Crippen molar-refractivity contribution in [1.82, 2.24) is 4.90 Å². The molecule has 0 aliphatic carbocycles. The molecule has 144 valence electrons. The quantitative estimate of drug-likeness (QED) is 0.711. The number of morpholine rings is 1. The maximum absolute atomic E-state index is 13.4. The number of hydrogen-bond acceptors (Lipinski definition) is 4. The van der Waals surface area contributed by atoms with Gasteiger partial charge >= 0.3 is 0 Å². The maximum atomic E-state index is 13.4. The van der Waals surface area contributed by atoms with Crippen molar-refractivity contribution >= 4 is 46.3 Å². The molecule has 2 aliphatic rings. The fourth-order valence-corrected chi connectivity index (χ4v) is 3.73. The van der Waals surface area contributed by atoms with Crippen molar-refractivity contribution in [3.8, 4) is 0 Å². The third kappa shape index (κ3) is 3.30. The number of aryl methyl sites for hydroxylation is 1. The van der Waals surface area contributed by atoms with E-state index in [1.165, 1.54) is 4.90 Å². The van der Waals surface area contributed by atoms with Gasteiger partial charge in [0.2, 0.25) is 0 Å². The molecule has 0 aromatic heterocycles. The van der Waals surface area contributed by atoms with Gasteiger partial charge in [0.25, 0.3) is 11.8 Å². The number of amides is 2. The predicted molar refractivity (Wildman–Crippen MR) is 109 cm³/mol. The first-order valence-electron chi connectivity index (χ1n) is 8.95. The molecule has 2 aliphatic heterocycles. The summed E-state index contributed by atoms with van der Waals surface area (Å²) in [7, 11) is 0. The summed E-state index contributed by atoms with van der Waals surface area (Å²) in [4.78, 5) is 29.8. The molecule has 0 spiro atoms. The van der Waals surface area contributed by atoms with Crippen LogP contribution in [-0.2, 0) is 14.3 Å². The third-order valence-electron chi connectivity index (χ3n) is 4.93. The highest BCUT2D eigenvalue weighted by Gasteiger charge is 2.42. The monoisotopic (exact) mass is 416 g/mol. The molecule has 2 heterocycles. The van der Waals surface area contributed by atoms with E-state index in [9.17, 15) is 9.59 Å². The van der Waals surface area contributed by atoms with Crippen LogP contribution in [0.4, 0.5) is 5.69 Å². The number of nitrogens with zero attached hydrogens (tertiary/aromatic N) is 2. The number of carbonyl (C=O) groups excluding carboxylic acids is 2. The largest absolute Gasteiger partial charge is 0.378 e. The SMILES string of the molecule is Cc1ccc(N2C(=O)C(c3ccc(Cl)cc3)=C(N3CCOCC3)C2=O)cc1Cl. The highest BCUT2D eigenvalue weighted by molar-refractivity contribution is 6.45. The zero-order valence-corrected chi connectivity index (χ0v) is 16.8. The van der Waals surface area contributed by atoms with E-state index < -0.39 is 0 Å². The van der Waals surface area contributed by atoms with Gasteiger partial charge in [0, 0.05) is 23.1 Å². The van der Waals surface area contributed by atoms with E-state index in [2.05, 4.69) is 0 Å². The molecular weight excluding hydrogens is 399 g/mol. The van der Waals surface area contributed by atoms with Crippen molar-refractivity contribution < 1.29 is 14.3 Å². The van der Waals surface area contributed by atoms with Crippen LogP contribution in [0, 0.1) is 6.92 Å². The van der Waals surface area contributed by atoms with Crippen LogP contribution in [-0.4, -0.2) is 43.0 Å². The Kier molecular flexibility index (Phi) is 5.15. The van der Waals surface area contributed by atoms with Crippen molar-refractivity contribution in [3.63, 3.8) is 0 Å². The summed E-state index contributed by atoms with van der Waals surface area (Å²) in [5.41, 5.74) is 2.77. The average Bonchev–Trinajstić information content (AvgIpc) is 2.96. The lowest BCUT2D eigenvalue weighted by Gasteiger charge is -2.29. The highest BCUT2D eigenvalue weighted by Crippen LogP contribution is 2.36. The van der Waals surface area contributed by atoms with Gasteiger partial charge in [-0.1, -0.05) is 41.4 Å². The molecule has 0 atom stereocenters. The van der Waals surface area contributed by atoms with Gasteiger partial charge in [0.1, 0.15) is 5.70 Å². The molecular formula is C21H18Cl2N2O3. The van der Waals surface area contributed by atoms with E-state index in [4.69, 9.17) is 27.9 Å². The van der Waals surface area contributed by atoms with Gasteiger partial charge in [-0.25, -0.2) is 4.90 Å². The van der Waals surface area contributed by atoms with Crippen molar-refractivity contribution in [2.24, 2.45) is 0 Å². The van der Waals surface area contributed by atoms with Gasteiger partial charge in [0.15, 0.2) is 0 Å². The van der Waals surface area contributed by atoms with Crippen molar-refractivity contribution in [2.45, 2.75) is 6.92 Å². The fourth-order valence-electron chi connectivity index (χ4n) is 3.43. The smallest absolute Gasteiger partial charge is 0.282 e. The van der Waals surface area contributed by atoms with Crippen LogP contribution in [0.5, 0.6) is 0 Å². The number of imide groups is 1. The molecule has 1 saturated heterocycles. The van der Waals surface area contributed by atoms with Crippen LogP contribution in [0.1, 0.15) is 11.1 Å². The van der Waals surface area contributed by atoms with Crippen LogP contribution in [0.2, 0.25) is 10.0 Å². The van der Waals surface area contributed by atoms with Crippen LogP contribution >= 0.6 is 23.2 Å². The average molecular weight is 417 g/mol. The van der Waals surface area contributed by atoms with Gasteiger partial charge < -0.3 is 9.64 Å². The summed E-state index contributed by atoms with van der Waals surface area (Å²) < 4.78 is 5.41. The van der Waals surface area contributed by atoms with Crippen LogP contribution in [0.15, 0.2) is 48.2 Å². The minimum atomic E-state index is -0.367. The summed E-state index contributed by atoms with van der Waals surface area (Å²) >= 11 is 12.2. The number of anilines is 1. The molecule has 0 saturated carbocycles. The minimum absolute atomic E-state index is 0.350. The molecule has 0 unspecified atom stereocenters. The van der Waals surface area contributed by atoms with Gasteiger partial charge in [-0.05, 0) is 42.3 Å². The second-order valence-electron chi connectivity index (χ2n) is 6.71. The molecule has 2 amide bonds. The summed E-state index contributed by atoms with van der Waals surface area (Å²) in [6.45, 7) is 3.99. The van der Waals surface area contributed by atoms with Gasteiger partial charge in [-0.15, -0.1) is 0 Å². The molecule has 1 fully saturated rings. The summed E-state index contributed by atoms with van der Waals surface area (Å²) in [5.74, 6) is -0.717. The minimum Gasteiger partial charge on any atom is -0.378 e. The van der Waals surface area contributed by atoms with Crippen molar-refractivity contribution in [2.75, 3.05) is 31.2 Å². The van der Waals surface area contributed by atoms with Gasteiger partial charge in [0.05, 0.1) is 24.5 Å². The molecule has 0 bridgehead atoms. The normalized spacial score (nSPS) is 17.7. The zero-order valence-electron chi connectivity index (χ0n) is 15.2. The lowest BCUT2D eigenvalue weighted by molar-refractivity contribution is -0.121. The van der Waals surface area contributed by atoms with E-state index in [1.54, 1.807) is 42.5 Å². The molecule has 28 heavy (non-hydrogen) atoms. The van der Waals surface area contributed by atoms with Crippen LogP contribution in [0.25, 0.3) is 5.57 Å². The number of halogens is 2. The number of rotatable bonds is 3. The Bertz CT molecular complexity index is 980. The van der Waals surface area contributed by atoms with E-state index >= 15 is 0 Å². The molecule has 2 aromatic rings. The van der Waals surface area contributed by atoms with Crippen molar-refractivity contribution in [1.29, 1.82) is 0 Å². The Balaban J connectivity index is 1.82. The van der Waals surface area contributed by atoms with Crippen molar-refractivity contribution in [3.05, 3.63) is 69.3 Å². The molecule has 2 aromatic carbocycles. The first kappa shape index (κ1) is 19.0. The van der Waals surface area contributed by atoms with E-state index in [0.717, 1.165) is 5.56 Å². The number of ether oxygens (including phenoxy) is 1. The Morgan fingerprint density at radius 3 is 2.25 bits per heavy atom. The van der Waals surface area contributed by atoms with E-state index in [0.29, 0.717) is 58.9 Å². The molecule has 5 nitrogen and oxygen atoms in total. The lowest BCUT2D eigenvalue weighted by Crippen LogP contribution is -2.40. The summed E-state index contributed by atoms with van der Waals surface area (Å²) in [5, 5.41) is 1.07. The fraction of sp³-hybridized carbons (Fsp3) is 0.238. The molecule has 4 rings (SSSR count). The Morgan fingerprint density at radius 1 is 0.929 bits per heavy atom. The lowest BCUT2D eigenvalue weighted by atomic mass is 10.0. The predicted octanol–water partition coefficient (Wildman–Crippen LogP) is 3.92. The maximum Gasteiger partial charge on any atom is 0.282 e. The van der Waals surface area contributed by atoms with Gasteiger partial charge in [-0.3, -0.25) is 9.59 Å². The Labute approximate surface area is 173 Å². The Morgan fingerprint density at radius 2 is 1.61 bits per heavy atom. The number of benzene rings is 2. The highest BCUT2D eigenvalue weighted by atomic mass is 35.5. The standard InChI is InChI=1S/C21H18Cl2N2O3/c1-13-2-7-16(12-17(13)23)25-20(26)18(14-3-5-15(22)6-4-14)19(21(25)27)24-8-10-28-11-9-24/h2-7,12H,8-11H2,1H3. The van der Waals surface area contributed by atoms with Crippen LogP contribution < -0.4 is 4.90 Å². The number of hydrogen-bond donors (Lipinski definition) is 0.